The normalized spacial score (nSPS) is 16.3. The smallest absolute Gasteiger partial charge is 0.223 e. The van der Waals surface area contributed by atoms with Crippen LogP contribution in [0.4, 0.5) is 0 Å². The number of amides is 1. The molecule has 1 aliphatic heterocycles. The lowest BCUT2D eigenvalue weighted by Crippen LogP contribution is -2.43. The van der Waals surface area contributed by atoms with Crippen LogP contribution in [0.1, 0.15) is 49.9 Å². The van der Waals surface area contributed by atoms with Gasteiger partial charge in [-0.1, -0.05) is 48.5 Å². The van der Waals surface area contributed by atoms with Crippen LogP contribution >= 0.6 is 0 Å². The van der Waals surface area contributed by atoms with Gasteiger partial charge in [0.15, 0.2) is 0 Å². The largest absolute Gasteiger partial charge is 0.353 e. The van der Waals surface area contributed by atoms with E-state index in [1.165, 1.54) is 27.7 Å². The summed E-state index contributed by atoms with van der Waals surface area (Å²) in [5.41, 5.74) is 5.49. The number of carbonyl (C=O) groups excluding carboxylic acids is 1. The minimum atomic E-state index is 0.142. The molecule has 1 saturated heterocycles. The second-order valence-corrected chi connectivity index (χ2v) is 9.31. The first-order chi connectivity index (χ1) is 15.6. The average molecular weight is 432 g/mol. The molecule has 32 heavy (non-hydrogen) atoms. The number of nitrogens with zero attached hydrogens (tertiary/aromatic N) is 2. The monoisotopic (exact) mass is 431 g/mol. The fourth-order valence-electron chi connectivity index (χ4n) is 5.15. The molecule has 0 spiro atoms. The summed E-state index contributed by atoms with van der Waals surface area (Å²) >= 11 is 0. The number of nitrogens with one attached hydrogen (secondary N) is 1. The number of fused-ring (bicyclic) bond motifs is 1. The van der Waals surface area contributed by atoms with Crippen molar-refractivity contribution < 1.29 is 4.79 Å². The van der Waals surface area contributed by atoms with E-state index >= 15 is 0 Å². The van der Waals surface area contributed by atoms with Crippen molar-refractivity contribution in [1.29, 1.82) is 0 Å². The van der Waals surface area contributed by atoms with Crippen LogP contribution < -0.4 is 5.32 Å². The maximum Gasteiger partial charge on any atom is 0.223 e. The second kappa shape index (κ2) is 10.4. The zero-order valence-electron chi connectivity index (χ0n) is 19.8. The molecule has 1 aliphatic rings. The lowest BCUT2D eigenvalue weighted by atomic mass is 9.94. The molecule has 2 aromatic carbocycles. The number of benzene rings is 2. The van der Waals surface area contributed by atoms with Crippen LogP contribution in [0.25, 0.3) is 10.9 Å². The van der Waals surface area contributed by atoms with E-state index in [-0.39, 0.29) is 17.9 Å². The fourth-order valence-corrected chi connectivity index (χ4v) is 5.15. The maximum atomic E-state index is 12.8. The van der Waals surface area contributed by atoms with Crippen molar-refractivity contribution in [2.24, 2.45) is 5.92 Å². The van der Waals surface area contributed by atoms with Crippen molar-refractivity contribution in [1.82, 2.24) is 14.8 Å². The van der Waals surface area contributed by atoms with E-state index in [0.29, 0.717) is 0 Å². The average Bonchev–Trinajstić information content (AvgIpc) is 3.09. The molecule has 1 atom stereocenters. The minimum Gasteiger partial charge on any atom is -0.353 e. The van der Waals surface area contributed by atoms with Crippen LogP contribution in [0.3, 0.4) is 0 Å². The molecule has 1 N–H and O–H groups in total. The van der Waals surface area contributed by atoms with Gasteiger partial charge >= 0.3 is 0 Å². The zero-order valence-corrected chi connectivity index (χ0v) is 19.8. The summed E-state index contributed by atoms with van der Waals surface area (Å²) in [6, 6.07) is 19.5. The van der Waals surface area contributed by atoms with Crippen molar-refractivity contribution in [3.63, 3.8) is 0 Å². The Morgan fingerprint density at radius 3 is 2.47 bits per heavy atom. The van der Waals surface area contributed by atoms with Crippen LogP contribution in [0.2, 0.25) is 0 Å². The van der Waals surface area contributed by atoms with E-state index in [0.717, 1.165) is 51.9 Å². The molecule has 170 valence electrons. The highest BCUT2D eigenvalue weighted by molar-refractivity contribution is 5.85. The number of aryl methyl sites for hydroxylation is 2. The lowest BCUT2D eigenvalue weighted by molar-refractivity contribution is -0.127. The fraction of sp³-hybridized carbons (Fsp3) is 0.464. The summed E-state index contributed by atoms with van der Waals surface area (Å²) < 4.78 is 2.42. The summed E-state index contributed by atoms with van der Waals surface area (Å²) in [5, 5.41) is 4.64. The highest BCUT2D eigenvalue weighted by Gasteiger charge is 2.26. The van der Waals surface area contributed by atoms with E-state index in [1.54, 1.807) is 0 Å². The molecule has 0 aliphatic carbocycles. The quantitative estimate of drug-likeness (QED) is 0.524. The molecular weight excluding hydrogens is 394 g/mol. The van der Waals surface area contributed by atoms with E-state index in [4.69, 9.17) is 0 Å². The number of hydrogen-bond donors (Lipinski definition) is 1. The number of piperidine rings is 1. The standard InChI is InChI=1S/C28H37N3O/c1-4-31-22(3)26(25-12-8-9-13-27(25)31)20-30-18-16-24(17-19-30)28(32)29-21(2)14-15-23-10-6-5-7-11-23/h5-13,21,24H,4,14-20H2,1-3H3,(H,29,32). The molecule has 0 saturated carbocycles. The number of para-hydroxylation sites is 1. The molecule has 4 rings (SSSR count). The maximum absolute atomic E-state index is 12.8. The molecular formula is C28H37N3O. The Kier molecular flexibility index (Phi) is 7.31. The minimum absolute atomic E-state index is 0.142. The zero-order chi connectivity index (χ0) is 22.5. The van der Waals surface area contributed by atoms with Gasteiger partial charge in [0.05, 0.1) is 0 Å². The Labute approximate surface area is 192 Å². The second-order valence-electron chi connectivity index (χ2n) is 9.31. The van der Waals surface area contributed by atoms with Crippen molar-refractivity contribution in [3.05, 3.63) is 71.4 Å². The van der Waals surface area contributed by atoms with Gasteiger partial charge in [-0.05, 0) is 76.7 Å². The summed E-state index contributed by atoms with van der Waals surface area (Å²) in [7, 11) is 0. The van der Waals surface area contributed by atoms with Gasteiger partial charge in [0, 0.05) is 41.6 Å². The Hall–Kier alpha value is -2.59. The molecule has 0 radical (unpaired) electrons. The van der Waals surface area contributed by atoms with Gasteiger partial charge in [0.25, 0.3) is 0 Å². The topological polar surface area (TPSA) is 37.3 Å². The highest BCUT2D eigenvalue weighted by atomic mass is 16.1. The SMILES string of the molecule is CCn1c(C)c(CN2CCC(C(=O)NC(C)CCc3ccccc3)CC2)c2ccccc21. The van der Waals surface area contributed by atoms with Crippen molar-refractivity contribution in [2.45, 2.75) is 65.6 Å². The number of carbonyl (C=O) groups is 1. The summed E-state index contributed by atoms with van der Waals surface area (Å²) in [4.78, 5) is 15.3. The molecule has 1 unspecified atom stereocenters. The first kappa shape index (κ1) is 22.6. The number of hydrogen-bond acceptors (Lipinski definition) is 2. The van der Waals surface area contributed by atoms with Gasteiger partial charge in [0.1, 0.15) is 0 Å². The Morgan fingerprint density at radius 2 is 1.75 bits per heavy atom. The number of aromatic nitrogens is 1. The molecule has 4 nitrogen and oxygen atoms in total. The van der Waals surface area contributed by atoms with E-state index < -0.39 is 0 Å². The van der Waals surface area contributed by atoms with Gasteiger partial charge < -0.3 is 9.88 Å². The predicted octanol–water partition coefficient (Wildman–Crippen LogP) is 5.32. The third-order valence-electron chi connectivity index (χ3n) is 7.12. The van der Waals surface area contributed by atoms with Crippen LogP contribution in [-0.4, -0.2) is 34.5 Å². The molecule has 1 aromatic heterocycles. The lowest BCUT2D eigenvalue weighted by Gasteiger charge is -2.32. The number of likely N-dealkylation sites (tertiary alicyclic amines) is 1. The first-order valence-corrected chi connectivity index (χ1v) is 12.2. The van der Waals surface area contributed by atoms with Crippen LogP contribution in [0.15, 0.2) is 54.6 Å². The molecule has 3 aromatic rings. The van der Waals surface area contributed by atoms with Crippen LogP contribution in [-0.2, 0) is 24.3 Å². The molecule has 2 heterocycles. The van der Waals surface area contributed by atoms with Crippen molar-refractivity contribution in [3.8, 4) is 0 Å². The van der Waals surface area contributed by atoms with Gasteiger partial charge in [-0.15, -0.1) is 0 Å². The third kappa shape index (κ3) is 5.07. The first-order valence-electron chi connectivity index (χ1n) is 12.2. The van der Waals surface area contributed by atoms with Gasteiger partial charge in [0.2, 0.25) is 5.91 Å². The molecule has 1 fully saturated rings. The van der Waals surface area contributed by atoms with E-state index in [2.05, 4.69) is 84.1 Å². The predicted molar refractivity (Wildman–Crippen MR) is 133 cm³/mol. The summed E-state index contributed by atoms with van der Waals surface area (Å²) in [6.45, 7) is 10.5. The van der Waals surface area contributed by atoms with Crippen molar-refractivity contribution in [2.75, 3.05) is 13.1 Å². The van der Waals surface area contributed by atoms with Crippen LogP contribution in [0.5, 0.6) is 0 Å². The van der Waals surface area contributed by atoms with Crippen LogP contribution in [0, 0.1) is 12.8 Å². The molecule has 1 amide bonds. The summed E-state index contributed by atoms with van der Waals surface area (Å²) in [5.74, 6) is 0.382. The Balaban J connectivity index is 1.28. The Morgan fingerprint density at radius 1 is 1.06 bits per heavy atom. The summed E-state index contributed by atoms with van der Waals surface area (Å²) in [6.07, 6.45) is 3.88. The van der Waals surface area contributed by atoms with Crippen molar-refractivity contribution >= 4 is 16.8 Å². The van der Waals surface area contributed by atoms with Gasteiger partial charge in [-0.25, -0.2) is 0 Å². The van der Waals surface area contributed by atoms with E-state index in [9.17, 15) is 4.79 Å². The Bertz CT molecular complexity index is 1030. The molecule has 0 bridgehead atoms. The van der Waals surface area contributed by atoms with Gasteiger partial charge in [-0.3, -0.25) is 9.69 Å². The molecule has 4 heteroatoms. The number of rotatable bonds is 8. The van der Waals surface area contributed by atoms with Gasteiger partial charge in [-0.2, -0.15) is 0 Å². The third-order valence-corrected chi connectivity index (χ3v) is 7.12. The van der Waals surface area contributed by atoms with E-state index in [1.807, 2.05) is 6.07 Å². The highest BCUT2D eigenvalue weighted by Crippen LogP contribution is 2.28.